The minimum atomic E-state index is -3.22. The highest BCUT2D eigenvalue weighted by Gasteiger charge is 2.16. The van der Waals surface area contributed by atoms with Crippen molar-refractivity contribution in [2.24, 2.45) is 0 Å². The van der Waals surface area contributed by atoms with Gasteiger partial charge in [-0.05, 0) is 5.56 Å². The number of hydrazine groups is 1. The summed E-state index contributed by atoms with van der Waals surface area (Å²) in [7, 11) is 0. The summed E-state index contributed by atoms with van der Waals surface area (Å²) < 4.78 is 25.6. The molecule has 25 heavy (non-hydrogen) atoms. The van der Waals surface area contributed by atoms with Crippen LogP contribution in [0.15, 0.2) is 48.8 Å². The molecule has 0 aliphatic heterocycles. The predicted octanol–water partition coefficient (Wildman–Crippen LogP) is 1.35. The summed E-state index contributed by atoms with van der Waals surface area (Å²) >= 11 is 0. The fraction of sp³-hybridized carbons (Fsp3) is 0.125. The Morgan fingerprint density at radius 1 is 1.16 bits per heavy atom. The highest BCUT2D eigenvalue weighted by Crippen LogP contribution is 2.11. The van der Waals surface area contributed by atoms with E-state index in [-0.39, 0.29) is 5.56 Å². The van der Waals surface area contributed by atoms with E-state index in [4.69, 9.17) is 0 Å². The molecule has 7 nitrogen and oxygen atoms in total. The van der Waals surface area contributed by atoms with E-state index >= 15 is 0 Å². The smallest absolute Gasteiger partial charge is 0.267 e. The molecular weight excluding hydrogens is 332 g/mol. The van der Waals surface area contributed by atoms with Crippen molar-refractivity contribution in [1.29, 1.82) is 0 Å². The van der Waals surface area contributed by atoms with E-state index in [9.17, 15) is 18.4 Å². The van der Waals surface area contributed by atoms with Gasteiger partial charge < -0.3 is 0 Å². The van der Waals surface area contributed by atoms with Crippen molar-refractivity contribution in [1.82, 2.24) is 25.4 Å². The van der Waals surface area contributed by atoms with Crippen LogP contribution in [0.5, 0.6) is 0 Å². The first-order valence-corrected chi connectivity index (χ1v) is 7.29. The van der Waals surface area contributed by atoms with Gasteiger partial charge in [0.15, 0.2) is 5.65 Å². The number of rotatable bonds is 4. The van der Waals surface area contributed by atoms with Gasteiger partial charge >= 0.3 is 12.3 Å². The summed E-state index contributed by atoms with van der Waals surface area (Å²) in [6.07, 6.45) is 0.0666. The first-order chi connectivity index (χ1) is 12.0. The summed E-state index contributed by atoms with van der Waals surface area (Å²) in [4.78, 5) is 26.7. The molecule has 0 unspecified atom stereocenters. The zero-order valence-electron chi connectivity index (χ0n) is 12.8. The Morgan fingerprint density at radius 3 is 2.64 bits per heavy atom. The molecule has 2 aromatic heterocycles. The molecule has 0 radical (unpaired) electrons. The van der Waals surface area contributed by atoms with E-state index < -0.39 is 18.2 Å². The van der Waals surface area contributed by atoms with Gasteiger partial charge in [-0.3, -0.25) is 20.4 Å². The Labute approximate surface area is 140 Å². The number of hydrogen-bond donors (Lipinski definition) is 2. The third-order valence-electron chi connectivity index (χ3n) is 3.35. The molecule has 0 fully saturated rings. The lowest BCUT2D eigenvalue weighted by Crippen LogP contribution is -2.44. The van der Waals surface area contributed by atoms with Gasteiger partial charge in [-0.25, -0.2) is 9.50 Å². The molecule has 2 amide bonds. The minimum Gasteiger partial charge on any atom is -0.267 e. The van der Waals surface area contributed by atoms with Crippen molar-refractivity contribution in [3.8, 4) is 0 Å². The Bertz CT molecular complexity index is 911. The maximum absolute atomic E-state index is 12.1. The molecule has 3 aromatic rings. The van der Waals surface area contributed by atoms with E-state index in [2.05, 4.69) is 10.1 Å². The third kappa shape index (κ3) is 3.94. The summed E-state index contributed by atoms with van der Waals surface area (Å²) in [6.45, 7) is 0. The first kappa shape index (κ1) is 16.5. The second-order valence-corrected chi connectivity index (χ2v) is 5.19. The molecule has 1 aromatic carbocycles. The quantitative estimate of drug-likeness (QED) is 0.699. The van der Waals surface area contributed by atoms with Crippen molar-refractivity contribution in [2.45, 2.75) is 12.8 Å². The van der Waals surface area contributed by atoms with E-state index in [1.165, 1.54) is 16.9 Å². The minimum absolute atomic E-state index is 0.0661. The standard InChI is InChI=1S/C16H13F2N5O2/c17-14(18)16(25)21-20-15(24)11-8-19-13-7-12(22-23(13)9-11)6-10-4-2-1-3-5-10/h1-5,7-9,14H,6H2,(H,20,24)(H,21,25). The fourth-order valence-electron chi connectivity index (χ4n) is 2.18. The Morgan fingerprint density at radius 2 is 1.92 bits per heavy atom. The summed E-state index contributed by atoms with van der Waals surface area (Å²) in [6, 6.07) is 11.5. The third-order valence-corrected chi connectivity index (χ3v) is 3.35. The number of nitrogens with one attached hydrogen (secondary N) is 2. The zero-order valence-corrected chi connectivity index (χ0v) is 12.8. The number of fused-ring (bicyclic) bond motifs is 1. The number of hydrogen-bond acceptors (Lipinski definition) is 4. The van der Waals surface area contributed by atoms with Crippen LogP contribution in [0.1, 0.15) is 21.6 Å². The molecule has 2 heterocycles. The van der Waals surface area contributed by atoms with Crippen LogP contribution >= 0.6 is 0 Å². The Balaban J connectivity index is 1.73. The first-order valence-electron chi connectivity index (χ1n) is 7.29. The number of amides is 2. The van der Waals surface area contributed by atoms with Crippen LogP contribution in [-0.4, -0.2) is 32.8 Å². The predicted molar refractivity (Wildman–Crippen MR) is 83.8 cm³/mol. The van der Waals surface area contributed by atoms with Gasteiger partial charge in [0, 0.05) is 24.9 Å². The number of halogens is 2. The number of carbonyl (C=O) groups excluding carboxylic acids is 2. The van der Waals surface area contributed by atoms with Crippen molar-refractivity contribution >= 4 is 17.5 Å². The molecule has 0 atom stereocenters. The zero-order chi connectivity index (χ0) is 17.8. The van der Waals surface area contributed by atoms with Gasteiger partial charge in [-0.2, -0.15) is 13.9 Å². The molecule has 2 N–H and O–H groups in total. The van der Waals surface area contributed by atoms with Crippen LogP contribution in [0.3, 0.4) is 0 Å². The second-order valence-electron chi connectivity index (χ2n) is 5.19. The van der Waals surface area contributed by atoms with Gasteiger partial charge in [-0.1, -0.05) is 30.3 Å². The van der Waals surface area contributed by atoms with Gasteiger partial charge in [-0.15, -0.1) is 0 Å². The highest BCUT2D eigenvalue weighted by atomic mass is 19.3. The van der Waals surface area contributed by atoms with Crippen molar-refractivity contribution in [3.05, 3.63) is 65.6 Å². The molecule has 0 aliphatic carbocycles. The lowest BCUT2D eigenvalue weighted by atomic mass is 10.1. The molecule has 0 saturated heterocycles. The normalized spacial score (nSPS) is 10.8. The number of nitrogens with zero attached hydrogens (tertiary/aromatic N) is 3. The topological polar surface area (TPSA) is 88.4 Å². The Hall–Kier alpha value is -3.36. The van der Waals surface area contributed by atoms with E-state index in [1.54, 1.807) is 11.5 Å². The summed E-state index contributed by atoms with van der Waals surface area (Å²) in [5.41, 5.74) is 5.97. The van der Waals surface area contributed by atoms with Crippen LogP contribution in [-0.2, 0) is 11.2 Å². The highest BCUT2D eigenvalue weighted by molar-refractivity contribution is 5.95. The van der Waals surface area contributed by atoms with Gasteiger partial charge in [0.2, 0.25) is 0 Å². The molecule has 3 rings (SSSR count). The molecule has 128 valence electrons. The average molecular weight is 345 g/mol. The number of alkyl halides is 2. The average Bonchev–Trinajstić information content (AvgIpc) is 3.01. The van der Waals surface area contributed by atoms with Crippen LogP contribution in [0.4, 0.5) is 8.78 Å². The molecule has 0 bridgehead atoms. The largest absolute Gasteiger partial charge is 0.317 e. The van der Waals surface area contributed by atoms with Crippen LogP contribution in [0, 0.1) is 0 Å². The number of aromatic nitrogens is 3. The molecule has 0 saturated carbocycles. The molecule has 9 heteroatoms. The Kier molecular flexibility index (Phi) is 4.64. The number of benzene rings is 1. The summed E-state index contributed by atoms with van der Waals surface area (Å²) in [5.74, 6) is -2.37. The monoisotopic (exact) mass is 345 g/mol. The van der Waals surface area contributed by atoms with Crippen LogP contribution in [0.25, 0.3) is 5.65 Å². The molecular formula is C16H13F2N5O2. The van der Waals surface area contributed by atoms with E-state index in [1.807, 2.05) is 35.8 Å². The van der Waals surface area contributed by atoms with Crippen molar-refractivity contribution < 1.29 is 18.4 Å². The SMILES string of the molecule is O=C(NNC(=O)C(F)F)c1cnc2cc(Cc3ccccc3)nn2c1. The van der Waals surface area contributed by atoms with Crippen molar-refractivity contribution in [2.75, 3.05) is 0 Å². The van der Waals surface area contributed by atoms with Gasteiger partial charge in [0.1, 0.15) is 0 Å². The summed E-state index contributed by atoms with van der Waals surface area (Å²) in [5, 5.41) is 4.34. The van der Waals surface area contributed by atoms with Gasteiger partial charge in [0.05, 0.1) is 11.3 Å². The number of carbonyl (C=O) groups is 2. The van der Waals surface area contributed by atoms with Crippen molar-refractivity contribution in [3.63, 3.8) is 0 Å². The molecule has 0 spiro atoms. The van der Waals surface area contributed by atoms with Crippen LogP contribution in [0.2, 0.25) is 0 Å². The van der Waals surface area contributed by atoms with E-state index in [0.717, 1.165) is 11.3 Å². The van der Waals surface area contributed by atoms with Gasteiger partial charge in [0.25, 0.3) is 5.91 Å². The maximum Gasteiger partial charge on any atom is 0.317 e. The second kappa shape index (κ2) is 7.04. The lowest BCUT2D eigenvalue weighted by molar-refractivity contribution is -0.132. The molecule has 0 aliphatic rings. The maximum atomic E-state index is 12.1. The van der Waals surface area contributed by atoms with E-state index in [0.29, 0.717) is 12.1 Å². The van der Waals surface area contributed by atoms with Crippen LogP contribution < -0.4 is 10.9 Å². The lowest BCUT2D eigenvalue weighted by Gasteiger charge is -2.06. The fourth-order valence-corrected chi connectivity index (χ4v) is 2.18.